The Hall–Kier alpha value is -1.95. The summed E-state index contributed by atoms with van der Waals surface area (Å²) in [7, 11) is 0. The summed E-state index contributed by atoms with van der Waals surface area (Å²) in [5.74, 6) is -0.618. The van der Waals surface area contributed by atoms with Gasteiger partial charge < -0.3 is 5.32 Å². The summed E-state index contributed by atoms with van der Waals surface area (Å²) in [5.41, 5.74) is 1.28. The molecule has 1 aromatic heterocycles. The first-order chi connectivity index (χ1) is 9.36. The number of nitrogens with one attached hydrogen (secondary N) is 1. The van der Waals surface area contributed by atoms with Crippen LogP contribution in [-0.4, -0.2) is 4.92 Å². The van der Waals surface area contributed by atoms with E-state index in [2.05, 4.69) is 11.4 Å². The molecule has 4 nitrogen and oxygen atoms in total. The van der Waals surface area contributed by atoms with Crippen LogP contribution in [0.1, 0.15) is 28.3 Å². The molecule has 1 heterocycles. The zero-order chi connectivity index (χ0) is 14.9. The summed E-state index contributed by atoms with van der Waals surface area (Å²) in [6.45, 7) is 6.01. The molecule has 0 bridgehead atoms. The Bertz CT molecular complexity index is 655. The van der Waals surface area contributed by atoms with Crippen molar-refractivity contribution in [2.24, 2.45) is 0 Å². The standard InChI is InChI=1S/C14H15FN2O2S/c1-8-4-14(10(3)20-8)9(2)16-12-5-11(15)6-13(7-12)17(18)19/h4-7,9,16H,1-3H3. The van der Waals surface area contributed by atoms with Crippen LogP contribution in [0.5, 0.6) is 0 Å². The molecule has 1 unspecified atom stereocenters. The third-order valence-electron chi connectivity index (χ3n) is 3.02. The first kappa shape index (κ1) is 14.5. The van der Waals surface area contributed by atoms with Crippen molar-refractivity contribution in [3.63, 3.8) is 0 Å². The van der Waals surface area contributed by atoms with Gasteiger partial charge in [0.15, 0.2) is 0 Å². The monoisotopic (exact) mass is 294 g/mol. The van der Waals surface area contributed by atoms with E-state index in [-0.39, 0.29) is 11.7 Å². The van der Waals surface area contributed by atoms with E-state index >= 15 is 0 Å². The maximum absolute atomic E-state index is 13.4. The van der Waals surface area contributed by atoms with Crippen molar-refractivity contribution in [2.75, 3.05) is 5.32 Å². The lowest BCUT2D eigenvalue weighted by molar-refractivity contribution is -0.385. The molecule has 6 heteroatoms. The zero-order valence-corrected chi connectivity index (χ0v) is 12.3. The Morgan fingerprint density at radius 3 is 2.55 bits per heavy atom. The minimum Gasteiger partial charge on any atom is -0.378 e. The van der Waals surface area contributed by atoms with Gasteiger partial charge >= 0.3 is 0 Å². The van der Waals surface area contributed by atoms with E-state index in [4.69, 9.17) is 0 Å². The van der Waals surface area contributed by atoms with Gasteiger partial charge in [0.05, 0.1) is 11.0 Å². The second-order valence-electron chi connectivity index (χ2n) is 4.69. The fourth-order valence-corrected chi connectivity index (χ4v) is 3.19. The summed E-state index contributed by atoms with van der Waals surface area (Å²) in [4.78, 5) is 12.5. The number of anilines is 1. The van der Waals surface area contributed by atoms with Crippen LogP contribution in [0.3, 0.4) is 0 Å². The number of thiophene rings is 1. The summed E-state index contributed by atoms with van der Waals surface area (Å²) < 4.78 is 13.4. The minimum absolute atomic E-state index is 0.0404. The van der Waals surface area contributed by atoms with Crippen molar-refractivity contribution in [1.82, 2.24) is 0 Å². The van der Waals surface area contributed by atoms with Crippen LogP contribution in [0.4, 0.5) is 15.8 Å². The van der Waals surface area contributed by atoms with E-state index in [9.17, 15) is 14.5 Å². The molecule has 2 rings (SSSR count). The third kappa shape index (κ3) is 3.14. The number of nitro groups is 1. The number of hydrogen-bond acceptors (Lipinski definition) is 4. The predicted octanol–water partition coefficient (Wildman–Crippen LogP) is 4.59. The van der Waals surface area contributed by atoms with E-state index < -0.39 is 10.7 Å². The Kier molecular flexibility index (Phi) is 4.04. The number of nitro benzene ring substituents is 1. The van der Waals surface area contributed by atoms with Crippen molar-refractivity contribution in [1.29, 1.82) is 0 Å². The summed E-state index contributed by atoms with van der Waals surface area (Å²) >= 11 is 1.70. The number of nitrogens with zero attached hydrogens (tertiary/aromatic N) is 1. The van der Waals surface area contributed by atoms with E-state index in [0.29, 0.717) is 5.69 Å². The van der Waals surface area contributed by atoms with Gasteiger partial charge in [-0.25, -0.2) is 4.39 Å². The second kappa shape index (κ2) is 5.58. The molecule has 0 aliphatic heterocycles. The molecule has 1 aromatic carbocycles. The molecule has 0 amide bonds. The first-order valence-electron chi connectivity index (χ1n) is 6.15. The van der Waals surface area contributed by atoms with Crippen molar-refractivity contribution in [3.8, 4) is 0 Å². The molecule has 1 N–H and O–H groups in total. The number of benzene rings is 1. The highest BCUT2D eigenvalue weighted by molar-refractivity contribution is 7.12. The fraction of sp³-hybridized carbons (Fsp3) is 0.286. The topological polar surface area (TPSA) is 55.2 Å². The van der Waals surface area contributed by atoms with Gasteiger partial charge in [-0.2, -0.15) is 0 Å². The molecular formula is C14H15FN2O2S. The van der Waals surface area contributed by atoms with E-state index in [1.165, 1.54) is 21.9 Å². The first-order valence-corrected chi connectivity index (χ1v) is 6.97. The Labute approximate surface area is 120 Å². The normalized spacial score (nSPS) is 12.2. The van der Waals surface area contributed by atoms with Crippen molar-refractivity contribution < 1.29 is 9.31 Å². The number of halogens is 1. The van der Waals surface area contributed by atoms with E-state index in [0.717, 1.165) is 11.6 Å². The smallest absolute Gasteiger partial charge is 0.274 e. The van der Waals surface area contributed by atoms with Gasteiger partial charge in [0.25, 0.3) is 5.69 Å². The van der Waals surface area contributed by atoms with Crippen LogP contribution < -0.4 is 5.32 Å². The maximum Gasteiger partial charge on any atom is 0.274 e. The lowest BCUT2D eigenvalue weighted by Crippen LogP contribution is -2.07. The summed E-state index contributed by atoms with van der Waals surface area (Å²) in [6, 6.07) is 5.55. The van der Waals surface area contributed by atoms with Crippen LogP contribution in [0.2, 0.25) is 0 Å². The molecule has 106 valence electrons. The maximum atomic E-state index is 13.4. The van der Waals surface area contributed by atoms with E-state index in [1.54, 1.807) is 11.3 Å². The molecular weight excluding hydrogens is 279 g/mol. The van der Waals surface area contributed by atoms with Crippen LogP contribution in [0.25, 0.3) is 0 Å². The molecule has 2 aromatic rings. The predicted molar refractivity (Wildman–Crippen MR) is 78.9 cm³/mol. The van der Waals surface area contributed by atoms with E-state index in [1.807, 2.05) is 20.8 Å². The molecule has 0 spiro atoms. The molecule has 20 heavy (non-hydrogen) atoms. The van der Waals surface area contributed by atoms with Gasteiger partial charge in [0, 0.05) is 27.5 Å². The molecule has 0 radical (unpaired) electrons. The Morgan fingerprint density at radius 1 is 1.30 bits per heavy atom. The van der Waals surface area contributed by atoms with Crippen molar-refractivity contribution in [3.05, 3.63) is 55.5 Å². The lowest BCUT2D eigenvalue weighted by Gasteiger charge is -2.15. The van der Waals surface area contributed by atoms with Crippen molar-refractivity contribution in [2.45, 2.75) is 26.8 Å². The fourth-order valence-electron chi connectivity index (χ4n) is 2.17. The lowest BCUT2D eigenvalue weighted by atomic mass is 10.1. The highest BCUT2D eigenvalue weighted by Crippen LogP contribution is 2.29. The van der Waals surface area contributed by atoms with Crippen LogP contribution >= 0.6 is 11.3 Å². The third-order valence-corrected chi connectivity index (χ3v) is 4.00. The Balaban J connectivity index is 2.25. The zero-order valence-electron chi connectivity index (χ0n) is 11.4. The molecule has 0 saturated heterocycles. The van der Waals surface area contributed by atoms with Crippen LogP contribution in [-0.2, 0) is 0 Å². The van der Waals surface area contributed by atoms with Crippen LogP contribution in [0.15, 0.2) is 24.3 Å². The molecule has 0 saturated carbocycles. The SMILES string of the molecule is Cc1cc(C(C)Nc2cc(F)cc([N+](=O)[O-])c2)c(C)s1. The summed E-state index contributed by atoms with van der Waals surface area (Å²) in [6.07, 6.45) is 0. The number of rotatable bonds is 4. The van der Waals surface area contributed by atoms with Gasteiger partial charge in [-0.05, 0) is 38.5 Å². The van der Waals surface area contributed by atoms with Crippen LogP contribution in [0, 0.1) is 29.8 Å². The second-order valence-corrected chi connectivity index (χ2v) is 6.15. The minimum atomic E-state index is -0.618. The van der Waals surface area contributed by atoms with Gasteiger partial charge in [0.2, 0.25) is 0 Å². The Morgan fingerprint density at radius 2 is 2.00 bits per heavy atom. The molecule has 0 aliphatic rings. The average Bonchev–Trinajstić information content (AvgIpc) is 2.67. The average molecular weight is 294 g/mol. The molecule has 1 atom stereocenters. The molecule has 0 aliphatic carbocycles. The number of aryl methyl sites for hydroxylation is 2. The van der Waals surface area contributed by atoms with Gasteiger partial charge in [-0.3, -0.25) is 10.1 Å². The van der Waals surface area contributed by atoms with Gasteiger partial charge in [0.1, 0.15) is 5.82 Å². The highest BCUT2D eigenvalue weighted by atomic mass is 32.1. The summed E-state index contributed by atoms with van der Waals surface area (Å²) in [5, 5.41) is 13.8. The van der Waals surface area contributed by atoms with Gasteiger partial charge in [-0.15, -0.1) is 11.3 Å². The van der Waals surface area contributed by atoms with Gasteiger partial charge in [-0.1, -0.05) is 0 Å². The largest absolute Gasteiger partial charge is 0.378 e. The van der Waals surface area contributed by atoms with Crippen molar-refractivity contribution >= 4 is 22.7 Å². The number of hydrogen-bond donors (Lipinski definition) is 1. The number of non-ortho nitro benzene ring substituents is 1. The highest BCUT2D eigenvalue weighted by Gasteiger charge is 2.14. The quantitative estimate of drug-likeness (QED) is 0.663. The molecule has 0 fully saturated rings.